The number of ether oxygens (including phenoxy) is 1. The minimum Gasteiger partial charge on any atom is -0.472 e. The van der Waals surface area contributed by atoms with Gasteiger partial charge >= 0.3 is 5.69 Å². The van der Waals surface area contributed by atoms with E-state index in [0.717, 1.165) is 0 Å². The van der Waals surface area contributed by atoms with Crippen molar-refractivity contribution in [3.63, 3.8) is 0 Å². The molecule has 15 heavy (non-hydrogen) atoms. The second kappa shape index (κ2) is 4.94. The Balaban J connectivity index is 2.86. The maximum Gasteiger partial charge on any atom is 0.331 e. The van der Waals surface area contributed by atoms with Crippen molar-refractivity contribution < 1.29 is 9.66 Å². The third kappa shape index (κ3) is 2.94. The number of nitro groups is 1. The minimum absolute atomic E-state index is 0.0538. The Hall–Kier alpha value is -2.11. The highest BCUT2D eigenvalue weighted by atomic mass is 16.6. The summed E-state index contributed by atoms with van der Waals surface area (Å²) in [5.41, 5.74) is 5.21. The van der Waals surface area contributed by atoms with Crippen LogP contribution in [0.2, 0.25) is 0 Å². The van der Waals surface area contributed by atoms with E-state index in [9.17, 15) is 10.1 Å². The largest absolute Gasteiger partial charge is 0.472 e. The van der Waals surface area contributed by atoms with Crippen molar-refractivity contribution in [1.82, 2.24) is 4.98 Å². The van der Waals surface area contributed by atoms with Gasteiger partial charge in [-0.05, 0) is 12.5 Å². The number of hydrogen-bond acceptors (Lipinski definition) is 5. The second-order valence-corrected chi connectivity index (χ2v) is 2.74. The first kappa shape index (κ1) is 11.0. The molecule has 0 saturated heterocycles. The van der Waals surface area contributed by atoms with Gasteiger partial charge in [0.1, 0.15) is 5.82 Å². The van der Waals surface area contributed by atoms with Gasteiger partial charge in [-0.2, -0.15) is 4.98 Å². The molecular formula is C9H11N3O3. The number of nitrogens with two attached hydrogens (primary N) is 1. The van der Waals surface area contributed by atoms with Crippen molar-refractivity contribution in [3.05, 3.63) is 34.9 Å². The predicted molar refractivity (Wildman–Crippen MR) is 55.6 cm³/mol. The van der Waals surface area contributed by atoms with Crippen molar-refractivity contribution in [2.45, 2.75) is 6.42 Å². The molecule has 0 spiro atoms. The van der Waals surface area contributed by atoms with Gasteiger partial charge in [0.05, 0.1) is 11.5 Å². The number of rotatable bonds is 5. The molecule has 0 atom stereocenters. The van der Waals surface area contributed by atoms with Gasteiger partial charge in [0.2, 0.25) is 0 Å². The van der Waals surface area contributed by atoms with Crippen LogP contribution in [-0.2, 0) is 0 Å². The van der Waals surface area contributed by atoms with Gasteiger partial charge in [0.15, 0.2) is 0 Å². The molecule has 1 heterocycles. The van der Waals surface area contributed by atoms with Crippen molar-refractivity contribution >= 4 is 11.5 Å². The monoisotopic (exact) mass is 209 g/mol. The molecule has 6 heteroatoms. The molecule has 80 valence electrons. The van der Waals surface area contributed by atoms with Crippen LogP contribution in [0, 0.1) is 10.1 Å². The topological polar surface area (TPSA) is 91.3 Å². The summed E-state index contributed by atoms with van der Waals surface area (Å²) < 4.78 is 5.12. The lowest BCUT2D eigenvalue weighted by Gasteiger charge is -2.04. The lowest BCUT2D eigenvalue weighted by Crippen LogP contribution is -2.03. The normalized spacial score (nSPS) is 9.60. The highest BCUT2D eigenvalue weighted by Crippen LogP contribution is 2.25. The van der Waals surface area contributed by atoms with E-state index in [2.05, 4.69) is 11.6 Å². The van der Waals surface area contributed by atoms with E-state index in [1.165, 1.54) is 12.1 Å². The molecule has 6 nitrogen and oxygen atoms in total. The lowest BCUT2D eigenvalue weighted by molar-refractivity contribution is -0.386. The Kier molecular flexibility index (Phi) is 3.61. The molecule has 2 N–H and O–H groups in total. The molecule has 0 unspecified atom stereocenters. The van der Waals surface area contributed by atoms with Crippen molar-refractivity contribution in [2.75, 3.05) is 12.3 Å². The molecule has 0 bridgehead atoms. The summed E-state index contributed by atoms with van der Waals surface area (Å²) in [7, 11) is 0. The number of nitrogen functional groups attached to an aromatic ring is 1. The van der Waals surface area contributed by atoms with Gasteiger partial charge in [0, 0.05) is 6.07 Å². The smallest absolute Gasteiger partial charge is 0.331 e. The van der Waals surface area contributed by atoms with Gasteiger partial charge in [-0.25, -0.2) is 0 Å². The first-order valence-corrected chi connectivity index (χ1v) is 4.29. The van der Waals surface area contributed by atoms with E-state index in [4.69, 9.17) is 10.5 Å². The quantitative estimate of drug-likeness (QED) is 0.343. The van der Waals surface area contributed by atoms with Crippen molar-refractivity contribution in [1.29, 1.82) is 0 Å². The Labute approximate surface area is 86.5 Å². The van der Waals surface area contributed by atoms with Crippen LogP contribution in [0.5, 0.6) is 5.88 Å². The zero-order chi connectivity index (χ0) is 11.3. The number of anilines is 1. The molecule has 0 saturated carbocycles. The summed E-state index contributed by atoms with van der Waals surface area (Å²) in [5, 5.41) is 10.6. The Morgan fingerprint density at radius 3 is 3.00 bits per heavy atom. The summed E-state index contributed by atoms with van der Waals surface area (Å²) in [6, 6.07) is 2.63. The Bertz CT molecular complexity index is 379. The Morgan fingerprint density at radius 1 is 1.67 bits per heavy atom. The number of hydrogen-bond donors (Lipinski definition) is 1. The highest BCUT2D eigenvalue weighted by molar-refractivity contribution is 5.46. The average molecular weight is 209 g/mol. The van der Waals surface area contributed by atoms with Crippen LogP contribution >= 0.6 is 0 Å². The fourth-order valence-corrected chi connectivity index (χ4v) is 0.932. The molecule has 0 aliphatic heterocycles. The fraction of sp³-hybridized carbons (Fsp3) is 0.222. The summed E-state index contributed by atoms with van der Waals surface area (Å²) in [4.78, 5) is 13.8. The van der Waals surface area contributed by atoms with Crippen LogP contribution in [0.3, 0.4) is 0 Å². The standard InChI is InChI=1S/C9H11N3O3/c1-2-3-6-15-9-7(12(13)14)4-5-8(10)11-9/h2,4-5H,1,3,6H2,(H2,10,11). The number of aromatic nitrogens is 1. The molecule has 0 fully saturated rings. The molecule has 1 aromatic rings. The summed E-state index contributed by atoms with van der Waals surface area (Å²) in [6.07, 6.45) is 2.24. The zero-order valence-electron chi connectivity index (χ0n) is 8.05. The highest BCUT2D eigenvalue weighted by Gasteiger charge is 2.16. The molecule has 0 aromatic carbocycles. The van der Waals surface area contributed by atoms with E-state index in [-0.39, 0.29) is 17.4 Å². The second-order valence-electron chi connectivity index (χ2n) is 2.74. The number of nitrogens with zero attached hydrogens (tertiary/aromatic N) is 2. The predicted octanol–water partition coefficient (Wildman–Crippen LogP) is 1.53. The third-order valence-electron chi connectivity index (χ3n) is 1.62. The van der Waals surface area contributed by atoms with Crippen molar-refractivity contribution in [2.24, 2.45) is 0 Å². The van der Waals surface area contributed by atoms with Crippen LogP contribution in [0.1, 0.15) is 6.42 Å². The van der Waals surface area contributed by atoms with E-state index < -0.39 is 4.92 Å². The summed E-state index contributed by atoms with van der Waals surface area (Å²) in [5.74, 6) is 0.135. The molecule has 1 rings (SSSR count). The molecule has 1 aromatic heterocycles. The lowest BCUT2D eigenvalue weighted by atomic mass is 10.4. The maximum atomic E-state index is 10.6. The van der Waals surface area contributed by atoms with Crippen LogP contribution in [0.25, 0.3) is 0 Å². The minimum atomic E-state index is -0.560. The van der Waals surface area contributed by atoms with E-state index >= 15 is 0 Å². The molecule has 0 aliphatic rings. The van der Waals surface area contributed by atoms with Gasteiger partial charge in [-0.1, -0.05) is 6.08 Å². The van der Waals surface area contributed by atoms with Gasteiger partial charge in [0.25, 0.3) is 5.88 Å². The number of pyridine rings is 1. The first-order valence-electron chi connectivity index (χ1n) is 4.29. The molecule has 0 amide bonds. The SMILES string of the molecule is C=CCCOc1nc(N)ccc1[N+](=O)[O-]. The van der Waals surface area contributed by atoms with Crippen LogP contribution in [-0.4, -0.2) is 16.5 Å². The van der Waals surface area contributed by atoms with Crippen LogP contribution in [0.4, 0.5) is 11.5 Å². The van der Waals surface area contributed by atoms with Crippen LogP contribution < -0.4 is 10.5 Å². The molecule has 0 aliphatic carbocycles. The molecular weight excluding hydrogens is 198 g/mol. The first-order chi connectivity index (χ1) is 7.15. The van der Waals surface area contributed by atoms with Gasteiger partial charge in [-0.15, -0.1) is 6.58 Å². The van der Waals surface area contributed by atoms with Crippen molar-refractivity contribution in [3.8, 4) is 5.88 Å². The summed E-state index contributed by atoms with van der Waals surface area (Å²) >= 11 is 0. The molecule has 0 radical (unpaired) electrons. The van der Waals surface area contributed by atoms with E-state index in [1.54, 1.807) is 6.08 Å². The van der Waals surface area contributed by atoms with E-state index in [1.807, 2.05) is 0 Å². The Morgan fingerprint density at radius 2 is 2.40 bits per heavy atom. The van der Waals surface area contributed by atoms with Crippen LogP contribution in [0.15, 0.2) is 24.8 Å². The maximum absolute atomic E-state index is 10.6. The zero-order valence-corrected chi connectivity index (χ0v) is 8.05. The van der Waals surface area contributed by atoms with E-state index in [0.29, 0.717) is 13.0 Å². The van der Waals surface area contributed by atoms with Gasteiger partial charge < -0.3 is 10.5 Å². The third-order valence-corrected chi connectivity index (χ3v) is 1.62. The van der Waals surface area contributed by atoms with Gasteiger partial charge in [-0.3, -0.25) is 10.1 Å². The fourth-order valence-electron chi connectivity index (χ4n) is 0.932. The average Bonchev–Trinajstić information content (AvgIpc) is 2.18. The summed E-state index contributed by atoms with van der Waals surface area (Å²) in [6.45, 7) is 3.80.